The summed E-state index contributed by atoms with van der Waals surface area (Å²) < 4.78 is 5.09. The van der Waals surface area contributed by atoms with E-state index in [9.17, 15) is 9.59 Å². The van der Waals surface area contributed by atoms with E-state index in [0.29, 0.717) is 25.3 Å². The fourth-order valence-electron chi connectivity index (χ4n) is 4.16. The van der Waals surface area contributed by atoms with Crippen LogP contribution >= 0.6 is 0 Å². The maximum Gasteiger partial charge on any atom is 0.306 e. The number of hydrogen-bond donors (Lipinski definition) is 3. The van der Waals surface area contributed by atoms with Crippen molar-refractivity contribution >= 4 is 17.8 Å². The molecule has 1 aromatic rings. The highest BCUT2D eigenvalue weighted by atomic mass is 16.6. The number of nitrogens with one attached hydrogen (secondary N) is 3. The molecule has 0 unspecified atom stereocenters. The summed E-state index contributed by atoms with van der Waals surface area (Å²) in [4.78, 5) is 27.5. The van der Waals surface area contributed by atoms with Crippen molar-refractivity contribution in [3.8, 4) is 6.19 Å². The number of aliphatic imine (C=N–C) groups is 1. The van der Waals surface area contributed by atoms with Crippen molar-refractivity contribution in [2.75, 3.05) is 13.6 Å². The molecular formula is C21H27N5O3. The van der Waals surface area contributed by atoms with Crippen molar-refractivity contribution in [3.05, 3.63) is 35.9 Å². The Bertz CT molecular complexity index is 794. The number of nitrogens with zero attached hydrogens (tertiary/aromatic N) is 2. The van der Waals surface area contributed by atoms with Gasteiger partial charge < -0.3 is 20.7 Å². The topological polar surface area (TPSA) is 116 Å². The summed E-state index contributed by atoms with van der Waals surface area (Å²) in [7, 11) is 1.73. The van der Waals surface area contributed by atoms with Crippen LogP contribution < -0.4 is 16.0 Å². The van der Waals surface area contributed by atoms with Crippen LogP contribution in [0.15, 0.2) is 35.3 Å². The van der Waals surface area contributed by atoms with Gasteiger partial charge in [-0.2, -0.15) is 5.26 Å². The molecule has 8 heteroatoms. The largest absolute Gasteiger partial charge is 0.452 e. The van der Waals surface area contributed by atoms with Crippen molar-refractivity contribution in [1.29, 1.82) is 5.26 Å². The van der Waals surface area contributed by atoms with E-state index in [1.54, 1.807) is 13.2 Å². The van der Waals surface area contributed by atoms with Gasteiger partial charge in [0, 0.05) is 37.9 Å². The Labute approximate surface area is 170 Å². The monoisotopic (exact) mass is 397 g/mol. The molecule has 29 heavy (non-hydrogen) atoms. The molecule has 1 atom stereocenters. The van der Waals surface area contributed by atoms with Crippen LogP contribution in [-0.4, -0.2) is 43.6 Å². The van der Waals surface area contributed by atoms with E-state index >= 15 is 0 Å². The number of benzene rings is 1. The van der Waals surface area contributed by atoms with E-state index in [1.807, 2.05) is 18.2 Å². The van der Waals surface area contributed by atoms with Crippen LogP contribution in [0.5, 0.6) is 0 Å². The van der Waals surface area contributed by atoms with Crippen LogP contribution in [0.4, 0.5) is 0 Å². The Hall–Kier alpha value is -3.08. The Morgan fingerprint density at radius 2 is 2.00 bits per heavy atom. The molecule has 0 radical (unpaired) electrons. The second-order valence-corrected chi connectivity index (χ2v) is 7.61. The van der Waals surface area contributed by atoms with Gasteiger partial charge in [0.2, 0.25) is 12.2 Å². The lowest BCUT2D eigenvalue weighted by atomic mass is 9.68. The fourth-order valence-corrected chi connectivity index (χ4v) is 4.16. The molecule has 0 spiro atoms. The molecule has 1 heterocycles. The number of hydrogen-bond acceptors (Lipinski definition) is 5. The molecule has 1 saturated carbocycles. The minimum atomic E-state index is -0.672. The lowest BCUT2D eigenvalue weighted by molar-refractivity contribution is -0.148. The first-order chi connectivity index (χ1) is 14.1. The molecule has 3 N–H and O–H groups in total. The van der Waals surface area contributed by atoms with Gasteiger partial charge in [0.05, 0.1) is 0 Å². The lowest BCUT2D eigenvalue weighted by Crippen LogP contribution is -2.50. The highest BCUT2D eigenvalue weighted by Crippen LogP contribution is 2.39. The molecule has 0 bridgehead atoms. The number of nitriles is 1. The lowest BCUT2D eigenvalue weighted by Gasteiger charge is -2.41. The first-order valence-electron chi connectivity index (χ1n) is 10.00. The maximum atomic E-state index is 12.5. The van der Waals surface area contributed by atoms with Gasteiger partial charge in [-0.05, 0) is 31.2 Å². The molecule has 3 rings (SSSR count). The van der Waals surface area contributed by atoms with Crippen molar-refractivity contribution in [3.63, 3.8) is 0 Å². The standard InChI is InChI=1S/C21H27N5O3/c1-23-20(25-14-22)26-16-9-11-21(12-10-16,15-5-3-2-4-6-15)13-24-19(28)17-7-8-18(27)29-17/h2-6,16-17H,7-13H2,1H3,(H,24,28)(H2,23,25,26)/t16-,17-,21-/m0/s1. The van der Waals surface area contributed by atoms with Crippen LogP contribution in [0.2, 0.25) is 0 Å². The molecular weight excluding hydrogens is 370 g/mol. The molecule has 1 aromatic carbocycles. The van der Waals surface area contributed by atoms with Crippen molar-refractivity contribution in [1.82, 2.24) is 16.0 Å². The van der Waals surface area contributed by atoms with Crippen molar-refractivity contribution in [2.45, 2.75) is 56.1 Å². The SMILES string of the molecule is CN/C(=N\C#N)N[C@H]1CC[C@](CNC(=O)[C@@H]2CCC(=O)O2)(c2ccccc2)CC1. The summed E-state index contributed by atoms with van der Waals surface area (Å²) in [6.45, 7) is 0.502. The molecule has 154 valence electrons. The predicted octanol–water partition coefficient (Wildman–Crippen LogP) is 1.33. The van der Waals surface area contributed by atoms with Crippen LogP contribution in [0.25, 0.3) is 0 Å². The highest BCUT2D eigenvalue weighted by molar-refractivity contribution is 5.86. The third kappa shape index (κ3) is 5.05. The van der Waals surface area contributed by atoms with E-state index in [4.69, 9.17) is 10.00 Å². The summed E-state index contributed by atoms with van der Waals surface area (Å²) in [6, 6.07) is 10.4. The van der Waals surface area contributed by atoms with E-state index in [-0.39, 0.29) is 23.3 Å². The maximum absolute atomic E-state index is 12.5. The Kier molecular flexibility index (Phi) is 6.70. The molecule has 1 aliphatic heterocycles. The van der Waals surface area contributed by atoms with E-state index in [2.05, 4.69) is 33.1 Å². The van der Waals surface area contributed by atoms with Gasteiger partial charge >= 0.3 is 5.97 Å². The van der Waals surface area contributed by atoms with Gasteiger partial charge in [0.25, 0.3) is 5.91 Å². The van der Waals surface area contributed by atoms with Gasteiger partial charge in [0.1, 0.15) is 0 Å². The number of amides is 1. The fraction of sp³-hybridized carbons (Fsp3) is 0.524. The predicted molar refractivity (Wildman–Crippen MR) is 108 cm³/mol. The third-order valence-electron chi connectivity index (χ3n) is 5.85. The third-order valence-corrected chi connectivity index (χ3v) is 5.85. The second kappa shape index (κ2) is 9.41. The minimum absolute atomic E-state index is 0.177. The van der Waals surface area contributed by atoms with Crippen LogP contribution in [0.3, 0.4) is 0 Å². The van der Waals surface area contributed by atoms with E-state index < -0.39 is 6.10 Å². The number of guanidine groups is 1. The number of esters is 1. The van der Waals surface area contributed by atoms with E-state index in [0.717, 1.165) is 25.7 Å². The Morgan fingerprint density at radius 3 is 2.59 bits per heavy atom. The van der Waals surface area contributed by atoms with Crippen molar-refractivity contribution in [2.24, 2.45) is 4.99 Å². The van der Waals surface area contributed by atoms with Crippen LogP contribution in [0.1, 0.15) is 44.1 Å². The number of cyclic esters (lactones) is 1. The zero-order valence-electron chi connectivity index (χ0n) is 16.6. The highest BCUT2D eigenvalue weighted by Gasteiger charge is 2.38. The average molecular weight is 397 g/mol. The zero-order valence-corrected chi connectivity index (χ0v) is 16.6. The van der Waals surface area contributed by atoms with Gasteiger partial charge in [-0.3, -0.25) is 9.59 Å². The molecule has 2 fully saturated rings. The molecule has 1 saturated heterocycles. The summed E-state index contributed by atoms with van der Waals surface area (Å²) >= 11 is 0. The van der Waals surface area contributed by atoms with Crippen LogP contribution in [-0.2, 0) is 19.7 Å². The quantitative estimate of drug-likeness (QED) is 0.299. The number of rotatable bonds is 5. The molecule has 8 nitrogen and oxygen atoms in total. The van der Waals surface area contributed by atoms with Gasteiger partial charge in [0.15, 0.2) is 6.10 Å². The van der Waals surface area contributed by atoms with Gasteiger partial charge in [-0.1, -0.05) is 30.3 Å². The van der Waals surface area contributed by atoms with Gasteiger partial charge in [-0.15, -0.1) is 4.99 Å². The van der Waals surface area contributed by atoms with Crippen molar-refractivity contribution < 1.29 is 14.3 Å². The Morgan fingerprint density at radius 1 is 1.28 bits per heavy atom. The van der Waals surface area contributed by atoms with Crippen LogP contribution in [0, 0.1) is 11.5 Å². The number of ether oxygens (including phenoxy) is 1. The molecule has 0 aromatic heterocycles. The smallest absolute Gasteiger partial charge is 0.306 e. The zero-order chi connectivity index (χ0) is 20.7. The normalized spacial score (nSPS) is 26.9. The minimum Gasteiger partial charge on any atom is -0.452 e. The summed E-state index contributed by atoms with van der Waals surface area (Å²) in [5, 5.41) is 18.0. The first-order valence-corrected chi connectivity index (χ1v) is 10.00. The average Bonchev–Trinajstić information content (AvgIpc) is 3.20. The van der Waals surface area contributed by atoms with Gasteiger partial charge in [-0.25, -0.2) is 0 Å². The molecule has 1 amide bonds. The Balaban J connectivity index is 1.67. The summed E-state index contributed by atoms with van der Waals surface area (Å²) in [5.74, 6) is -0.0556. The summed E-state index contributed by atoms with van der Waals surface area (Å²) in [5.41, 5.74) is 1.02. The second-order valence-electron chi connectivity index (χ2n) is 7.61. The van der Waals surface area contributed by atoms with E-state index in [1.165, 1.54) is 5.56 Å². The number of carbonyl (C=O) groups is 2. The molecule has 1 aliphatic carbocycles. The summed E-state index contributed by atoms with van der Waals surface area (Å²) in [6.07, 6.45) is 5.39. The number of carbonyl (C=O) groups excluding carboxylic acids is 2. The first kappa shape index (κ1) is 20.6. The molecule has 2 aliphatic rings.